The molecule has 2 fully saturated rings. The number of carbonyl (C=O) groups excluding carboxylic acids is 1. The van der Waals surface area contributed by atoms with Gasteiger partial charge in [-0.15, -0.1) is 0 Å². The fourth-order valence-electron chi connectivity index (χ4n) is 3.50. The van der Waals surface area contributed by atoms with E-state index in [1.54, 1.807) is 6.08 Å². The highest BCUT2D eigenvalue weighted by Gasteiger charge is 2.20. The molecular weight excluding hydrogens is 302 g/mol. The molecular formula is C19H25N3O2. The average molecular weight is 327 g/mol. The van der Waals surface area contributed by atoms with Gasteiger partial charge in [-0.05, 0) is 31.7 Å². The molecule has 1 saturated heterocycles. The minimum Gasteiger partial charge on any atom is -0.441 e. The zero-order chi connectivity index (χ0) is 16.8. The van der Waals surface area contributed by atoms with Gasteiger partial charge in [0.15, 0.2) is 5.88 Å². The molecule has 1 aliphatic heterocycles. The highest BCUT2D eigenvalue weighted by molar-refractivity contribution is 6.01. The number of furan rings is 1. The van der Waals surface area contributed by atoms with E-state index >= 15 is 0 Å². The molecule has 2 aliphatic rings. The molecule has 0 unspecified atom stereocenters. The molecule has 0 atom stereocenters. The molecule has 0 spiro atoms. The molecule has 1 amide bonds. The largest absolute Gasteiger partial charge is 0.441 e. The van der Waals surface area contributed by atoms with E-state index in [2.05, 4.69) is 10.2 Å². The van der Waals surface area contributed by atoms with Gasteiger partial charge in [0.25, 0.3) is 5.91 Å². The first-order valence-corrected chi connectivity index (χ1v) is 9.04. The summed E-state index contributed by atoms with van der Waals surface area (Å²) in [5, 5.41) is 12.2. The number of carbonyl (C=O) groups is 1. The fourth-order valence-corrected chi connectivity index (χ4v) is 3.50. The predicted molar refractivity (Wildman–Crippen MR) is 93.4 cm³/mol. The van der Waals surface area contributed by atoms with Crippen LogP contribution in [0.2, 0.25) is 0 Å². The molecule has 5 heteroatoms. The summed E-state index contributed by atoms with van der Waals surface area (Å²) in [5.74, 6) is 1.10. The minimum atomic E-state index is -0.294. The molecule has 1 aliphatic carbocycles. The van der Waals surface area contributed by atoms with Crippen molar-refractivity contribution < 1.29 is 9.21 Å². The Morgan fingerprint density at radius 2 is 1.88 bits per heavy atom. The van der Waals surface area contributed by atoms with Crippen LogP contribution in [0.25, 0.3) is 6.08 Å². The number of nitrogens with one attached hydrogen (secondary N) is 1. The molecule has 0 radical (unpaired) electrons. The van der Waals surface area contributed by atoms with Crippen molar-refractivity contribution in [3.05, 3.63) is 23.5 Å². The average Bonchev–Trinajstić information content (AvgIpc) is 3.19. The van der Waals surface area contributed by atoms with Crippen molar-refractivity contribution in [2.24, 2.45) is 0 Å². The van der Waals surface area contributed by atoms with E-state index in [1.165, 1.54) is 25.7 Å². The minimum absolute atomic E-state index is 0.110. The number of anilines is 1. The number of amides is 1. The Bertz CT molecular complexity index is 627. The SMILES string of the molecule is N#C/C(=C/c1ccc(N2CCCCCC2)o1)C(=O)NC1CCCC1. The Morgan fingerprint density at radius 3 is 2.54 bits per heavy atom. The third-order valence-corrected chi connectivity index (χ3v) is 4.87. The second-order valence-electron chi connectivity index (χ2n) is 6.70. The molecule has 2 heterocycles. The Kier molecular flexibility index (Phi) is 5.58. The standard InChI is InChI=1S/C19H25N3O2/c20-14-15(19(23)21-16-7-3-4-8-16)13-17-9-10-18(24-17)22-11-5-1-2-6-12-22/h9-10,13,16H,1-8,11-12H2,(H,21,23)/b15-13-. The number of hydrogen-bond acceptors (Lipinski definition) is 4. The smallest absolute Gasteiger partial charge is 0.262 e. The summed E-state index contributed by atoms with van der Waals surface area (Å²) in [6, 6.07) is 5.97. The molecule has 1 aromatic rings. The van der Waals surface area contributed by atoms with Gasteiger partial charge in [0.05, 0.1) is 0 Å². The van der Waals surface area contributed by atoms with Crippen LogP contribution >= 0.6 is 0 Å². The zero-order valence-electron chi connectivity index (χ0n) is 14.1. The lowest BCUT2D eigenvalue weighted by Gasteiger charge is -2.18. The Balaban J connectivity index is 1.67. The van der Waals surface area contributed by atoms with Crippen molar-refractivity contribution in [3.63, 3.8) is 0 Å². The van der Waals surface area contributed by atoms with Crippen LogP contribution in [0.3, 0.4) is 0 Å². The Hall–Kier alpha value is -2.22. The fraction of sp³-hybridized carbons (Fsp3) is 0.579. The Labute approximate surface area is 143 Å². The molecule has 5 nitrogen and oxygen atoms in total. The molecule has 1 aromatic heterocycles. The lowest BCUT2D eigenvalue weighted by Crippen LogP contribution is -2.33. The summed E-state index contributed by atoms with van der Waals surface area (Å²) in [5.41, 5.74) is 0.110. The lowest BCUT2D eigenvalue weighted by atomic mass is 10.2. The van der Waals surface area contributed by atoms with Crippen LogP contribution in [0, 0.1) is 11.3 Å². The topological polar surface area (TPSA) is 69.3 Å². The van der Waals surface area contributed by atoms with E-state index < -0.39 is 0 Å². The van der Waals surface area contributed by atoms with E-state index in [-0.39, 0.29) is 17.5 Å². The first-order chi connectivity index (χ1) is 11.8. The quantitative estimate of drug-likeness (QED) is 0.677. The van der Waals surface area contributed by atoms with E-state index in [9.17, 15) is 10.1 Å². The van der Waals surface area contributed by atoms with Gasteiger partial charge in [-0.3, -0.25) is 4.79 Å². The number of nitriles is 1. The maximum atomic E-state index is 12.2. The van der Waals surface area contributed by atoms with Gasteiger partial charge in [-0.25, -0.2) is 0 Å². The summed E-state index contributed by atoms with van der Waals surface area (Å²) in [6.45, 7) is 2.01. The van der Waals surface area contributed by atoms with Crippen LogP contribution < -0.4 is 10.2 Å². The van der Waals surface area contributed by atoms with Gasteiger partial charge >= 0.3 is 0 Å². The molecule has 0 aromatic carbocycles. The second-order valence-corrected chi connectivity index (χ2v) is 6.70. The van der Waals surface area contributed by atoms with Gasteiger partial charge in [-0.2, -0.15) is 5.26 Å². The maximum Gasteiger partial charge on any atom is 0.262 e. The monoisotopic (exact) mass is 327 g/mol. The molecule has 0 bridgehead atoms. The summed E-state index contributed by atoms with van der Waals surface area (Å²) in [7, 11) is 0. The van der Waals surface area contributed by atoms with Crippen molar-refractivity contribution >= 4 is 17.9 Å². The summed E-state index contributed by atoms with van der Waals surface area (Å²) >= 11 is 0. The van der Waals surface area contributed by atoms with Crippen molar-refractivity contribution in [1.82, 2.24) is 5.32 Å². The lowest BCUT2D eigenvalue weighted by molar-refractivity contribution is -0.117. The van der Waals surface area contributed by atoms with E-state index in [4.69, 9.17) is 4.42 Å². The van der Waals surface area contributed by atoms with E-state index in [0.29, 0.717) is 5.76 Å². The molecule has 128 valence electrons. The van der Waals surface area contributed by atoms with E-state index in [1.807, 2.05) is 18.2 Å². The zero-order valence-corrected chi connectivity index (χ0v) is 14.1. The number of hydrogen-bond donors (Lipinski definition) is 1. The van der Waals surface area contributed by atoms with Crippen LogP contribution in [-0.4, -0.2) is 25.0 Å². The Morgan fingerprint density at radius 1 is 1.17 bits per heavy atom. The van der Waals surface area contributed by atoms with E-state index in [0.717, 1.165) is 44.7 Å². The maximum absolute atomic E-state index is 12.2. The second kappa shape index (κ2) is 8.05. The third-order valence-electron chi connectivity index (χ3n) is 4.87. The van der Waals surface area contributed by atoms with Crippen LogP contribution in [0.15, 0.2) is 22.1 Å². The molecule has 1 N–H and O–H groups in total. The number of rotatable bonds is 4. The first-order valence-electron chi connectivity index (χ1n) is 9.04. The molecule has 3 rings (SSSR count). The van der Waals surface area contributed by atoms with Crippen molar-refractivity contribution in [2.45, 2.75) is 57.4 Å². The van der Waals surface area contributed by atoms with Gasteiger partial charge in [0, 0.05) is 31.3 Å². The summed E-state index contributed by atoms with van der Waals surface area (Å²) in [4.78, 5) is 14.5. The van der Waals surface area contributed by atoms with Crippen molar-refractivity contribution in [3.8, 4) is 6.07 Å². The first kappa shape index (κ1) is 16.6. The van der Waals surface area contributed by atoms with Gasteiger partial charge in [-0.1, -0.05) is 25.7 Å². The van der Waals surface area contributed by atoms with Gasteiger partial charge in [0.1, 0.15) is 17.4 Å². The predicted octanol–water partition coefficient (Wildman–Crippen LogP) is 3.63. The summed E-state index contributed by atoms with van der Waals surface area (Å²) in [6.07, 6.45) is 10.7. The van der Waals surface area contributed by atoms with Crippen LogP contribution in [0.4, 0.5) is 5.88 Å². The van der Waals surface area contributed by atoms with Crippen LogP contribution in [0.5, 0.6) is 0 Å². The van der Waals surface area contributed by atoms with Gasteiger partial charge < -0.3 is 14.6 Å². The van der Waals surface area contributed by atoms with Crippen molar-refractivity contribution in [1.29, 1.82) is 5.26 Å². The van der Waals surface area contributed by atoms with Crippen LogP contribution in [0.1, 0.15) is 57.1 Å². The molecule has 1 saturated carbocycles. The van der Waals surface area contributed by atoms with Crippen LogP contribution in [-0.2, 0) is 4.79 Å². The molecule has 24 heavy (non-hydrogen) atoms. The third kappa shape index (κ3) is 4.19. The highest BCUT2D eigenvalue weighted by atomic mass is 16.4. The van der Waals surface area contributed by atoms with Gasteiger partial charge in [0.2, 0.25) is 0 Å². The normalized spacial score (nSPS) is 19.8. The number of nitrogens with zero attached hydrogens (tertiary/aromatic N) is 2. The van der Waals surface area contributed by atoms with Crippen molar-refractivity contribution in [2.75, 3.05) is 18.0 Å². The summed E-state index contributed by atoms with van der Waals surface area (Å²) < 4.78 is 5.85. The highest BCUT2D eigenvalue weighted by Crippen LogP contribution is 2.24.